The molecule has 0 aliphatic rings. The first-order chi connectivity index (χ1) is 9.15. The van der Waals surface area contributed by atoms with E-state index in [2.05, 4.69) is 35.9 Å². The highest BCUT2D eigenvalue weighted by Gasteiger charge is 2.11. The van der Waals surface area contributed by atoms with E-state index >= 15 is 0 Å². The second-order valence-corrected chi connectivity index (χ2v) is 4.35. The maximum Gasteiger partial charge on any atom is 0.265 e. The Morgan fingerprint density at radius 3 is 2.84 bits per heavy atom. The molecular formula is C11H11BrN4O3. The van der Waals surface area contributed by atoms with E-state index in [-0.39, 0.29) is 12.2 Å². The minimum absolute atomic E-state index is 0.222. The fraction of sp³-hybridized carbons (Fsp3) is 0.273. The summed E-state index contributed by atoms with van der Waals surface area (Å²) in [6.45, 7) is 0.222. The topological polar surface area (TPSA) is 90.0 Å². The first kappa shape index (κ1) is 13.6. The number of nitrogens with zero attached hydrogens (tertiary/aromatic N) is 3. The Labute approximate surface area is 117 Å². The first-order valence-corrected chi connectivity index (χ1v) is 6.09. The molecule has 2 aromatic heterocycles. The van der Waals surface area contributed by atoms with Gasteiger partial charge in [0.15, 0.2) is 5.82 Å². The average molecular weight is 327 g/mol. The van der Waals surface area contributed by atoms with Crippen LogP contribution in [0.1, 0.15) is 5.69 Å². The Hall–Kier alpha value is -1.80. The molecule has 0 amide bonds. The molecule has 19 heavy (non-hydrogen) atoms. The van der Waals surface area contributed by atoms with Crippen LogP contribution >= 0.6 is 15.9 Å². The van der Waals surface area contributed by atoms with Crippen LogP contribution in [-0.4, -0.2) is 34.2 Å². The van der Waals surface area contributed by atoms with Crippen molar-refractivity contribution in [3.05, 3.63) is 32.9 Å². The summed E-state index contributed by atoms with van der Waals surface area (Å²) in [5, 5.41) is 0. The fourth-order valence-electron chi connectivity index (χ4n) is 1.44. The SMILES string of the molecule is COCc1nc(-c2cc(OC)ncn2)[nH]c(=O)c1Br. The van der Waals surface area contributed by atoms with Gasteiger partial charge in [0.05, 0.1) is 19.4 Å². The molecule has 0 fully saturated rings. The van der Waals surface area contributed by atoms with E-state index in [9.17, 15) is 4.79 Å². The molecule has 1 N–H and O–H groups in total. The summed E-state index contributed by atoms with van der Waals surface area (Å²) in [4.78, 5) is 26.7. The Morgan fingerprint density at radius 2 is 2.16 bits per heavy atom. The maximum atomic E-state index is 11.8. The van der Waals surface area contributed by atoms with Crippen LogP contribution in [0, 0.1) is 0 Å². The summed E-state index contributed by atoms with van der Waals surface area (Å²) in [7, 11) is 3.03. The van der Waals surface area contributed by atoms with Gasteiger partial charge in [-0.1, -0.05) is 0 Å². The molecule has 0 aromatic carbocycles. The zero-order valence-corrected chi connectivity index (χ0v) is 11.9. The van der Waals surface area contributed by atoms with Crippen LogP contribution in [0.2, 0.25) is 0 Å². The van der Waals surface area contributed by atoms with Gasteiger partial charge in [-0.15, -0.1) is 0 Å². The van der Waals surface area contributed by atoms with Crippen molar-refractivity contribution in [3.63, 3.8) is 0 Å². The zero-order valence-electron chi connectivity index (χ0n) is 10.3. The van der Waals surface area contributed by atoms with Gasteiger partial charge in [-0.3, -0.25) is 4.79 Å². The lowest BCUT2D eigenvalue weighted by Gasteiger charge is -2.06. The number of nitrogens with one attached hydrogen (secondary N) is 1. The minimum atomic E-state index is -0.297. The number of aromatic amines is 1. The Morgan fingerprint density at radius 1 is 1.37 bits per heavy atom. The van der Waals surface area contributed by atoms with Gasteiger partial charge in [0.1, 0.15) is 16.5 Å². The van der Waals surface area contributed by atoms with Crippen molar-refractivity contribution >= 4 is 15.9 Å². The normalized spacial score (nSPS) is 10.5. The van der Waals surface area contributed by atoms with Crippen LogP contribution in [0.25, 0.3) is 11.5 Å². The summed E-state index contributed by atoms with van der Waals surface area (Å²) < 4.78 is 10.3. The lowest BCUT2D eigenvalue weighted by molar-refractivity contribution is 0.180. The van der Waals surface area contributed by atoms with E-state index < -0.39 is 0 Å². The number of aromatic nitrogens is 4. The quantitative estimate of drug-likeness (QED) is 0.906. The van der Waals surface area contributed by atoms with Gasteiger partial charge in [0, 0.05) is 13.2 Å². The zero-order chi connectivity index (χ0) is 13.8. The highest BCUT2D eigenvalue weighted by atomic mass is 79.9. The molecule has 8 heteroatoms. The molecule has 0 unspecified atom stereocenters. The smallest absolute Gasteiger partial charge is 0.265 e. The second kappa shape index (κ2) is 5.89. The maximum absolute atomic E-state index is 11.8. The van der Waals surface area contributed by atoms with E-state index in [1.165, 1.54) is 20.5 Å². The van der Waals surface area contributed by atoms with Crippen LogP contribution in [0.4, 0.5) is 0 Å². The third-order valence-corrected chi connectivity index (χ3v) is 3.12. The fourth-order valence-corrected chi connectivity index (χ4v) is 1.74. The van der Waals surface area contributed by atoms with Gasteiger partial charge >= 0.3 is 0 Å². The second-order valence-electron chi connectivity index (χ2n) is 3.55. The van der Waals surface area contributed by atoms with Gasteiger partial charge in [0.2, 0.25) is 5.88 Å². The number of hydrogen-bond acceptors (Lipinski definition) is 6. The standard InChI is InChI=1S/C11H11BrN4O3/c1-18-4-7-9(12)11(17)16-10(15-7)6-3-8(19-2)14-5-13-6/h3,5H,4H2,1-2H3,(H,15,16,17). The van der Waals surface area contributed by atoms with Crippen molar-refractivity contribution in [2.75, 3.05) is 14.2 Å². The van der Waals surface area contributed by atoms with E-state index in [1.807, 2.05) is 0 Å². The molecule has 100 valence electrons. The van der Waals surface area contributed by atoms with Crippen molar-refractivity contribution in [2.45, 2.75) is 6.61 Å². The molecule has 0 saturated carbocycles. The van der Waals surface area contributed by atoms with Gasteiger partial charge in [-0.05, 0) is 15.9 Å². The van der Waals surface area contributed by atoms with Crippen molar-refractivity contribution < 1.29 is 9.47 Å². The van der Waals surface area contributed by atoms with Gasteiger partial charge in [0.25, 0.3) is 5.56 Å². The molecule has 0 aliphatic heterocycles. The van der Waals surface area contributed by atoms with E-state index in [1.54, 1.807) is 6.07 Å². The molecule has 0 saturated heterocycles. The molecule has 7 nitrogen and oxygen atoms in total. The lowest BCUT2D eigenvalue weighted by Crippen LogP contribution is -2.14. The number of halogens is 1. The van der Waals surface area contributed by atoms with Gasteiger partial charge in [-0.25, -0.2) is 15.0 Å². The molecule has 0 radical (unpaired) electrons. The number of H-pyrrole nitrogens is 1. The van der Waals surface area contributed by atoms with Crippen LogP contribution in [0.3, 0.4) is 0 Å². The van der Waals surface area contributed by atoms with Crippen molar-refractivity contribution in [1.29, 1.82) is 0 Å². The largest absolute Gasteiger partial charge is 0.481 e. The minimum Gasteiger partial charge on any atom is -0.481 e. The lowest BCUT2D eigenvalue weighted by atomic mass is 10.3. The van der Waals surface area contributed by atoms with Crippen molar-refractivity contribution in [2.24, 2.45) is 0 Å². The highest BCUT2D eigenvalue weighted by molar-refractivity contribution is 9.10. The molecule has 2 rings (SSSR count). The van der Waals surface area contributed by atoms with Crippen LogP contribution in [0.15, 0.2) is 21.7 Å². The Kier molecular flexibility index (Phi) is 4.23. The number of methoxy groups -OCH3 is 2. The Balaban J connectivity index is 2.52. The third kappa shape index (κ3) is 2.96. The van der Waals surface area contributed by atoms with Crippen molar-refractivity contribution in [1.82, 2.24) is 19.9 Å². The van der Waals surface area contributed by atoms with E-state index in [0.717, 1.165) is 0 Å². The molecule has 0 bridgehead atoms. The first-order valence-electron chi connectivity index (χ1n) is 5.29. The van der Waals surface area contributed by atoms with Crippen LogP contribution in [0.5, 0.6) is 5.88 Å². The molecular weight excluding hydrogens is 316 g/mol. The monoisotopic (exact) mass is 326 g/mol. The summed E-state index contributed by atoms with van der Waals surface area (Å²) >= 11 is 3.17. The summed E-state index contributed by atoms with van der Waals surface area (Å²) in [5.74, 6) is 0.727. The van der Waals surface area contributed by atoms with Crippen molar-refractivity contribution in [3.8, 4) is 17.4 Å². The van der Waals surface area contributed by atoms with Gasteiger partial charge in [-0.2, -0.15) is 0 Å². The predicted octanol–water partition coefficient (Wildman–Crippen LogP) is 1.14. The van der Waals surface area contributed by atoms with E-state index in [0.29, 0.717) is 27.6 Å². The number of ether oxygens (including phenoxy) is 2. The highest BCUT2D eigenvalue weighted by Crippen LogP contribution is 2.17. The molecule has 2 aromatic rings. The number of rotatable bonds is 4. The molecule has 0 aliphatic carbocycles. The third-order valence-electron chi connectivity index (χ3n) is 2.31. The molecule has 0 atom stereocenters. The predicted molar refractivity (Wildman–Crippen MR) is 70.8 cm³/mol. The molecule has 0 spiro atoms. The van der Waals surface area contributed by atoms with Gasteiger partial charge < -0.3 is 14.5 Å². The van der Waals surface area contributed by atoms with E-state index in [4.69, 9.17) is 9.47 Å². The summed E-state index contributed by atoms with van der Waals surface area (Å²) in [6.07, 6.45) is 1.34. The Bertz CT molecular complexity index is 644. The van der Waals surface area contributed by atoms with Crippen LogP contribution in [-0.2, 0) is 11.3 Å². The summed E-state index contributed by atoms with van der Waals surface area (Å²) in [5.41, 5.74) is 0.669. The summed E-state index contributed by atoms with van der Waals surface area (Å²) in [6, 6.07) is 1.59. The average Bonchev–Trinajstić information content (AvgIpc) is 2.44. The van der Waals surface area contributed by atoms with Crippen LogP contribution < -0.4 is 10.3 Å². The number of hydrogen-bond donors (Lipinski definition) is 1. The molecule has 2 heterocycles.